The van der Waals surface area contributed by atoms with Crippen LogP contribution >= 0.6 is 34.7 Å². The van der Waals surface area contributed by atoms with E-state index in [4.69, 9.17) is 20.8 Å². The van der Waals surface area contributed by atoms with Gasteiger partial charge < -0.3 is 9.15 Å². The van der Waals surface area contributed by atoms with Crippen LogP contribution in [0.2, 0.25) is 5.02 Å². The number of non-ortho nitro benzene ring substituents is 1. The molecule has 0 amide bonds. The Morgan fingerprint density at radius 1 is 1.25 bits per heavy atom. The number of nitrogens with zero attached hydrogens (tertiary/aromatic N) is 4. The van der Waals surface area contributed by atoms with Crippen LogP contribution in [0.25, 0.3) is 11.5 Å². The minimum Gasteiger partial charge on any atom is -0.452 e. The average Bonchev–Trinajstić information content (AvgIpc) is 3.41. The van der Waals surface area contributed by atoms with Crippen molar-refractivity contribution >= 4 is 46.4 Å². The fourth-order valence-electron chi connectivity index (χ4n) is 2.58. The van der Waals surface area contributed by atoms with Gasteiger partial charge in [-0.3, -0.25) is 10.1 Å². The number of hydrogen-bond donors (Lipinski definition) is 0. The number of carbonyl (C=O) groups excluding carboxylic acids is 1. The van der Waals surface area contributed by atoms with Crippen LogP contribution in [0.15, 0.2) is 61.5 Å². The number of nitro benzene ring substituents is 1. The van der Waals surface area contributed by atoms with Crippen molar-refractivity contribution in [2.75, 3.05) is 0 Å². The molecule has 2 aromatic heterocycles. The first-order chi connectivity index (χ1) is 15.4. The van der Waals surface area contributed by atoms with Crippen LogP contribution in [-0.4, -0.2) is 26.1 Å². The van der Waals surface area contributed by atoms with Gasteiger partial charge in [-0.15, -0.1) is 21.5 Å². The lowest BCUT2D eigenvalue weighted by Crippen LogP contribution is -2.07. The third-order valence-corrected chi connectivity index (χ3v) is 6.46. The van der Waals surface area contributed by atoms with Crippen molar-refractivity contribution in [3.63, 3.8) is 0 Å². The predicted octanol–water partition coefficient (Wildman–Crippen LogP) is 5.57. The number of esters is 1. The fraction of sp³-hybridized carbons (Fsp3) is 0.100. The highest BCUT2D eigenvalue weighted by atomic mass is 35.5. The summed E-state index contributed by atoms with van der Waals surface area (Å²) in [5.74, 6) is -0.423. The number of aryl methyl sites for hydroxylation is 1. The van der Waals surface area contributed by atoms with Crippen LogP contribution in [-0.2, 0) is 11.3 Å². The number of nitro groups is 1. The Hall–Kier alpha value is -3.28. The van der Waals surface area contributed by atoms with E-state index in [1.54, 1.807) is 24.3 Å². The molecule has 162 valence electrons. The molecular formula is C20H13ClN4O5S2. The highest BCUT2D eigenvalue weighted by Gasteiger charge is 2.21. The number of halogens is 1. The second-order valence-electron chi connectivity index (χ2n) is 6.38. The number of benzene rings is 2. The summed E-state index contributed by atoms with van der Waals surface area (Å²) in [4.78, 5) is 28.2. The van der Waals surface area contributed by atoms with Crippen molar-refractivity contribution in [1.29, 1.82) is 0 Å². The maximum atomic E-state index is 12.7. The van der Waals surface area contributed by atoms with Gasteiger partial charge in [-0.1, -0.05) is 23.4 Å². The summed E-state index contributed by atoms with van der Waals surface area (Å²) in [5, 5.41) is 21.4. The third-order valence-electron chi connectivity index (χ3n) is 4.07. The number of ether oxygens (including phenoxy) is 1. The molecule has 0 fully saturated rings. The van der Waals surface area contributed by atoms with Crippen molar-refractivity contribution in [3.05, 3.63) is 80.1 Å². The van der Waals surface area contributed by atoms with Crippen molar-refractivity contribution in [2.24, 2.45) is 0 Å². The standard InChI is InChI=1S/C20H13ClN4O5S2/c1-11-10-31-20(22-11)32-16-7-6-14(25(27)28)8-15(16)19(26)29-9-17-23-24-18(30-17)12-2-4-13(21)5-3-12/h2-8,10H,9H2,1H3. The lowest BCUT2D eigenvalue weighted by atomic mass is 10.2. The Labute approximate surface area is 194 Å². The molecular weight excluding hydrogens is 476 g/mol. The molecule has 0 aliphatic heterocycles. The SMILES string of the molecule is Cc1csc(Sc2ccc([N+](=O)[O-])cc2C(=O)OCc2nnc(-c3ccc(Cl)cc3)o2)n1. The number of aromatic nitrogens is 3. The van der Waals surface area contributed by atoms with Gasteiger partial charge in [0, 0.05) is 38.7 Å². The van der Waals surface area contributed by atoms with E-state index in [9.17, 15) is 14.9 Å². The largest absolute Gasteiger partial charge is 0.452 e. The van der Waals surface area contributed by atoms with Crippen LogP contribution < -0.4 is 0 Å². The van der Waals surface area contributed by atoms with Gasteiger partial charge in [0.1, 0.15) is 0 Å². The number of carbonyl (C=O) groups is 1. The molecule has 0 N–H and O–H groups in total. The number of hydrogen-bond acceptors (Lipinski definition) is 10. The van der Waals surface area contributed by atoms with E-state index in [-0.39, 0.29) is 29.6 Å². The van der Waals surface area contributed by atoms with Crippen LogP contribution in [0.3, 0.4) is 0 Å². The minimum atomic E-state index is -0.754. The molecule has 0 aliphatic carbocycles. The summed E-state index contributed by atoms with van der Waals surface area (Å²) < 4.78 is 11.5. The zero-order chi connectivity index (χ0) is 22.7. The van der Waals surface area contributed by atoms with E-state index in [1.807, 2.05) is 12.3 Å². The molecule has 4 aromatic rings. The quantitative estimate of drug-likeness (QED) is 0.186. The Kier molecular flexibility index (Phi) is 6.49. The first-order valence-electron chi connectivity index (χ1n) is 9.03. The van der Waals surface area contributed by atoms with E-state index in [2.05, 4.69) is 15.2 Å². The van der Waals surface area contributed by atoms with Gasteiger partial charge in [0.15, 0.2) is 10.9 Å². The Balaban J connectivity index is 1.51. The molecule has 9 nitrogen and oxygen atoms in total. The second kappa shape index (κ2) is 9.47. The highest BCUT2D eigenvalue weighted by molar-refractivity contribution is 8.01. The molecule has 32 heavy (non-hydrogen) atoms. The van der Waals surface area contributed by atoms with Gasteiger partial charge in [-0.2, -0.15) is 0 Å². The normalized spacial score (nSPS) is 10.8. The van der Waals surface area contributed by atoms with Gasteiger partial charge in [0.05, 0.1) is 10.5 Å². The Morgan fingerprint density at radius 2 is 2.03 bits per heavy atom. The molecule has 2 aromatic carbocycles. The van der Waals surface area contributed by atoms with Gasteiger partial charge in [0.25, 0.3) is 11.6 Å². The lowest BCUT2D eigenvalue weighted by Gasteiger charge is -2.07. The van der Waals surface area contributed by atoms with Gasteiger partial charge in [-0.05, 0) is 37.3 Å². The fourth-order valence-corrected chi connectivity index (χ4v) is 4.60. The minimum absolute atomic E-state index is 0.0505. The Morgan fingerprint density at radius 3 is 2.72 bits per heavy atom. The van der Waals surface area contributed by atoms with Crippen LogP contribution in [0.5, 0.6) is 0 Å². The maximum absolute atomic E-state index is 12.7. The summed E-state index contributed by atoms with van der Waals surface area (Å²) >= 11 is 8.51. The number of rotatable bonds is 7. The molecule has 0 spiro atoms. The first kappa shape index (κ1) is 21.9. The van der Waals surface area contributed by atoms with E-state index >= 15 is 0 Å². The van der Waals surface area contributed by atoms with E-state index in [1.165, 1.54) is 41.3 Å². The van der Waals surface area contributed by atoms with Crippen molar-refractivity contribution in [2.45, 2.75) is 22.8 Å². The summed E-state index contributed by atoms with van der Waals surface area (Å²) in [7, 11) is 0. The van der Waals surface area contributed by atoms with Gasteiger partial charge >= 0.3 is 5.97 Å². The zero-order valence-corrected chi connectivity index (χ0v) is 18.7. The van der Waals surface area contributed by atoms with Crippen LogP contribution in [0.1, 0.15) is 21.9 Å². The predicted molar refractivity (Wildman–Crippen MR) is 118 cm³/mol. The molecule has 0 unspecified atom stereocenters. The van der Waals surface area contributed by atoms with E-state index in [0.29, 0.717) is 19.8 Å². The number of thiazole rings is 1. The molecule has 0 radical (unpaired) electrons. The highest BCUT2D eigenvalue weighted by Crippen LogP contribution is 2.35. The Bertz CT molecular complexity index is 1290. The monoisotopic (exact) mass is 488 g/mol. The molecule has 0 saturated heterocycles. The molecule has 0 aliphatic rings. The summed E-state index contributed by atoms with van der Waals surface area (Å²) in [6, 6.07) is 10.8. The zero-order valence-electron chi connectivity index (χ0n) is 16.4. The van der Waals surface area contributed by atoms with Crippen LogP contribution in [0.4, 0.5) is 5.69 Å². The average molecular weight is 489 g/mol. The lowest BCUT2D eigenvalue weighted by molar-refractivity contribution is -0.384. The molecule has 4 rings (SSSR count). The van der Waals surface area contributed by atoms with Gasteiger partial charge in [-0.25, -0.2) is 9.78 Å². The maximum Gasteiger partial charge on any atom is 0.340 e. The first-order valence-corrected chi connectivity index (χ1v) is 11.1. The smallest absolute Gasteiger partial charge is 0.340 e. The molecule has 0 atom stereocenters. The summed E-state index contributed by atoms with van der Waals surface area (Å²) in [5.41, 5.74) is 1.33. The van der Waals surface area contributed by atoms with Crippen LogP contribution in [0, 0.1) is 17.0 Å². The van der Waals surface area contributed by atoms with Crippen molar-refractivity contribution in [1.82, 2.24) is 15.2 Å². The van der Waals surface area contributed by atoms with Gasteiger partial charge in [0.2, 0.25) is 5.89 Å². The molecule has 12 heteroatoms. The molecule has 2 heterocycles. The topological polar surface area (TPSA) is 121 Å². The summed E-state index contributed by atoms with van der Waals surface area (Å²) in [6.45, 7) is 1.57. The molecule has 0 bridgehead atoms. The van der Waals surface area contributed by atoms with E-state index in [0.717, 1.165) is 5.69 Å². The second-order valence-corrected chi connectivity index (χ2v) is 8.96. The van der Waals surface area contributed by atoms with Crippen molar-refractivity contribution < 1.29 is 18.9 Å². The third kappa shape index (κ3) is 5.13. The summed E-state index contributed by atoms with van der Waals surface area (Å²) in [6.07, 6.45) is 0. The molecule has 0 saturated carbocycles. The van der Waals surface area contributed by atoms with Crippen molar-refractivity contribution in [3.8, 4) is 11.5 Å². The van der Waals surface area contributed by atoms with E-state index < -0.39 is 10.9 Å².